The van der Waals surface area contributed by atoms with E-state index in [1.807, 2.05) is 38.1 Å². The average molecular weight is 221 g/mol. The van der Waals surface area contributed by atoms with E-state index in [4.69, 9.17) is 5.11 Å². The van der Waals surface area contributed by atoms with E-state index in [9.17, 15) is 4.79 Å². The number of rotatable bonds is 5. The maximum atomic E-state index is 11.8. The predicted octanol–water partition coefficient (Wildman–Crippen LogP) is 2.12. The molecule has 0 aliphatic heterocycles. The molecule has 3 heteroatoms. The summed E-state index contributed by atoms with van der Waals surface area (Å²) < 4.78 is 0. The van der Waals surface area contributed by atoms with Crippen molar-refractivity contribution in [1.82, 2.24) is 0 Å². The van der Waals surface area contributed by atoms with Gasteiger partial charge < -0.3 is 10.0 Å². The molecule has 1 aromatic carbocycles. The Hall–Kier alpha value is -1.35. The first-order valence-corrected chi connectivity index (χ1v) is 5.67. The Kier molecular flexibility index (Phi) is 4.99. The molecule has 0 heterocycles. The molecular formula is C13H19NO2. The minimum Gasteiger partial charge on any atom is -0.395 e. The lowest BCUT2D eigenvalue weighted by molar-refractivity contribution is -0.118. The molecule has 0 aliphatic rings. The van der Waals surface area contributed by atoms with Crippen LogP contribution in [0.1, 0.15) is 25.3 Å². The van der Waals surface area contributed by atoms with Gasteiger partial charge in [0.05, 0.1) is 6.61 Å². The van der Waals surface area contributed by atoms with Crippen LogP contribution in [0.2, 0.25) is 0 Å². The third kappa shape index (κ3) is 3.35. The number of carbonyl (C=O) groups excluding carboxylic acids is 1. The van der Waals surface area contributed by atoms with Gasteiger partial charge in [0.25, 0.3) is 0 Å². The topological polar surface area (TPSA) is 40.5 Å². The number of nitrogens with zero attached hydrogens (tertiary/aromatic N) is 1. The van der Waals surface area contributed by atoms with Gasteiger partial charge >= 0.3 is 0 Å². The van der Waals surface area contributed by atoms with Gasteiger partial charge in [-0.1, -0.05) is 24.6 Å². The van der Waals surface area contributed by atoms with Crippen LogP contribution >= 0.6 is 0 Å². The molecule has 3 nitrogen and oxygen atoms in total. The first kappa shape index (κ1) is 12.7. The summed E-state index contributed by atoms with van der Waals surface area (Å²) >= 11 is 0. The number of aliphatic hydroxyl groups excluding tert-OH is 1. The Morgan fingerprint density at radius 1 is 1.31 bits per heavy atom. The zero-order valence-corrected chi connectivity index (χ0v) is 9.94. The quantitative estimate of drug-likeness (QED) is 0.827. The lowest BCUT2D eigenvalue weighted by Crippen LogP contribution is -2.33. The van der Waals surface area contributed by atoms with Crippen LogP contribution in [-0.4, -0.2) is 24.2 Å². The summed E-state index contributed by atoms with van der Waals surface area (Å²) in [4.78, 5) is 13.5. The molecule has 0 unspecified atom stereocenters. The molecule has 0 aliphatic carbocycles. The van der Waals surface area contributed by atoms with E-state index in [-0.39, 0.29) is 12.5 Å². The number of benzene rings is 1. The van der Waals surface area contributed by atoms with Crippen molar-refractivity contribution in [3.05, 3.63) is 29.8 Å². The zero-order valence-electron chi connectivity index (χ0n) is 9.94. The SMILES string of the molecule is CCCC(=O)N(CCO)c1ccc(C)cc1. The summed E-state index contributed by atoms with van der Waals surface area (Å²) in [5, 5.41) is 8.98. The molecule has 0 spiro atoms. The third-order valence-corrected chi connectivity index (χ3v) is 2.43. The molecular weight excluding hydrogens is 202 g/mol. The molecule has 1 amide bonds. The second kappa shape index (κ2) is 6.28. The summed E-state index contributed by atoms with van der Waals surface area (Å²) in [6.07, 6.45) is 1.35. The van der Waals surface area contributed by atoms with Crippen molar-refractivity contribution < 1.29 is 9.90 Å². The summed E-state index contributed by atoms with van der Waals surface area (Å²) in [7, 11) is 0. The van der Waals surface area contributed by atoms with Crippen molar-refractivity contribution in [1.29, 1.82) is 0 Å². The van der Waals surface area contributed by atoms with Crippen LogP contribution in [0.5, 0.6) is 0 Å². The molecule has 0 bridgehead atoms. The number of aliphatic hydroxyl groups is 1. The molecule has 1 rings (SSSR count). The fourth-order valence-electron chi connectivity index (χ4n) is 1.57. The van der Waals surface area contributed by atoms with E-state index >= 15 is 0 Å². The van der Waals surface area contributed by atoms with E-state index in [0.717, 1.165) is 17.7 Å². The van der Waals surface area contributed by atoms with Crippen molar-refractivity contribution in [3.8, 4) is 0 Å². The molecule has 16 heavy (non-hydrogen) atoms. The Bertz CT molecular complexity index is 332. The van der Waals surface area contributed by atoms with Gasteiger partial charge in [-0.2, -0.15) is 0 Å². The lowest BCUT2D eigenvalue weighted by Gasteiger charge is -2.21. The molecule has 0 fully saturated rings. The van der Waals surface area contributed by atoms with Crippen LogP contribution in [0.3, 0.4) is 0 Å². The summed E-state index contributed by atoms with van der Waals surface area (Å²) in [6.45, 7) is 4.34. The number of hydrogen-bond acceptors (Lipinski definition) is 2. The molecule has 88 valence electrons. The van der Waals surface area contributed by atoms with Gasteiger partial charge in [-0.15, -0.1) is 0 Å². The van der Waals surface area contributed by atoms with Crippen LogP contribution in [0, 0.1) is 6.92 Å². The number of carbonyl (C=O) groups is 1. The van der Waals surface area contributed by atoms with Crippen molar-refractivity contribution in [2.24, 2.45) is 0 Å². The van der Waals surface area contributed by atoms with Crippen LogP contribution in [0.25, 0.3) is 0 Å². The van der Waals surface area contributed by atoms with Gasteiger partial charge in [0.15, 0.2) is 0 Å². The minimum atomic E-state index is -0.0106. The Labute approximate surface area is 96.7 Å². The maximum Gasteiger partial charge on any atom is 0.227 e. The van der Waals surface area contributed by atoms with Gasteiger partial charge in [-0.3, -0.25) is 4.79 Å². The summed E-state index contributed by atoms with van der Waals surface area (Å²) in [6, 6.07) is 7.77. The largest absolute Gasteiger partial charge is 0.395 e. The summed E-state index contributed by atoms with van der Waals surface area (Å²) in [5.74, 6) is 0.0698. The van der Waals surface area contributed by atoms with Crippen molar-refractivity contribution >= 4 is 11.6 Å². The van der Waals surface area contributed by atoms with Crippen molar-refractivity contribution in [3.63, 3.8) is 0 Å². The molecule has 0 atom stereocenters. The highest BCUT2D eigenvalue weighted by Gasteiger charge is 2.13. The second-order valence-electron chi connectivity index (χ2n) is 3.85. The standard InChI is InChI=1S/C13H19NO2/c1-3-4-13(16)14(9-10-15)12-7-5-11(2)6-8-12/h5-8,15H,3-4,9-10H2,1-2H3. The van der Waals surface area contributed by atoms with Crippen molar-refractivity contribution in [2.45, 2.75) is 26.7 Å². The van der Waals surface area contributed by atoms with Crippen LogP contribution < -0.4 is 4.90 Å². The minimum absolute atomic E-state index is 0.0106. The fraction of sp³-hybridized carbons (Fsp3) is 0.462. The average Bonchev–Trinajstić information content (AvgIpc) is 2.28. The Morgan fingerprint density at radius 3 is 2.44 bits per heavy atom. The maximum absolute atomic E-state index is 11.8. The second-order valence-corrected chi connectivity index (χ2v) is 3.85. The highest BCUT2D eigenvalue weighted by Crippen LogP contribution is 2.16. The molecule has 0 radical (unpaired) electrons. The zero-order chi connectivity index (χ0) is 12.0. The highest BCUT2D eigenvalue weighted by molar-refractivity contribution is 5.93. The fourth-order valence-corrected chi connectivity index (χ4v) is 1.57. The first-order chi connectivity index (χ1) is 7.69. The van der Waals surface area contributed by atoms with E-state index in [0.29, 0.717) is 13.0 Å². The van der Waals surface area contributed by atoms with Gasteiger partial charge in [0, 0.05) is 18.7 Å². The van der Waals surface area contributed by atoms with E-state index in [2.05, 4.69) is 0 Å². The van der Waals surface area contributed by atoms with Crippen molar-refractivity contribution in [2.75, 3.05) is 18.1 Å². The number of aryl methyl sites for hydroxylation is 1. The smallest absolute Gasteiger partial charge is 0.227 e. The van der Waals surface area contributed by atoms with Crippen LogP contribution in [0.4, 0.5) is 5.69 Å². The number of hydrogen-bond donors (Lipinski definition) is 1. The monoisotopic (exact) mass is 221 g/mol. The van der Waals surface area contributed by atoms with Gasteiger partial charge in [0.2, 0.25) is 5.91 Å². The third-order valence-electron chi connectivity index (χ3n) is 2.43. The normalized spacial score (nSPS) is 10.2. The van der Waals surface area contributed by atoms with Crippen LogP contribution in [-0.2, 0) is 4.79 Å². The predicted molar refractivity (Wildman–Crippen MR) is 65.5 cm³/mol. The number of anilines is 1. The highest BCUT2D eigenvalue weighted by atomic mass is 16.3. The van der Waals surface area contributed by atoms with E-state index < -0.39 is 0 Å². The molecule has 0 aromatic heterocycles. The molecule has 1 aromatic rings. The van der Waals surface area contributed by atoms with Crippen LogP contribution in [0.15, 0.2) is 24.3 Å². The van der Waals surface area contributed by atoms with Gasteiger partial charge in [-0.25, -0.2) is 0 Å². The van der Waals surface area contributed by atoms with E-state index in [1.165, 1.54) is 0 Å². The number of amides is 1. The Balaban J connectivity index is 2.84. The van der Waals surface area contributed by atoms with Gasteiger partial charge in [0.1, 0.15) is 0 Å². The molecule has 0 saturated carbocycles. The van der Waals surface area contributed by atoms with Gasteiger partial charge in [-0.05, 0) is 25.5 Å². The molecule has 1 N–H and O–H groups in total. The first-order valence-electron chi connectivity index (χ1n) is 5.67. The lowest BCUT2D eigenvalue weighted by atomic mass is 10.2. The summed E-state index contributed by atoms with van der Waals surface area (Å²) in [5.41, 5.74) is 2.02. The molecule has 0 saturated heterocycles. The Morgan fingerprint density at radius 2 is 1.94 bits per heavy atom. The van der Waals surface area contributed by atoms with E-state index in [1.54, 1.807) is 4.90 Å².